The van der Waals surface area contributed by atoms with E-state index in [1.54, 1.807) is 36.4 Å². The van der Waals surface area contributed by atoms with Gasteiger partial charge in [-0.15, -0.1) is 0 Å². The Bertz CT molecular complexity index is 804. The van der Waals surface area contributed by atoms with Crippen LogP contribution in [0.5, 0.6) is 11.5 Å². The number of carbonyl (C=O) groups is 2. The summed E-state index contributed by atoms with van der Waals surface area (Å²) in [4.78, 5) is 26.0. The highest BCUT2D eigenvalue weighted by molar-refractivity contribution is 6.30. The van der Waals surface area contributed by atoms with E-state index in [0.717, 1.165) is 10.5 Å². The van der Waals surface area contributed by atoms with Crippen LogP contribution in [0, 0.1) is 0 Å². The molecule has 1 saturated heterocycles. The smallest absolute Gasteiger partial charge is 0.329 e. The molecule has 0 saturated carbocycles. The third-order valence-corrected chi connectivity index (χ3v) is 4.26. The molecule has 2 aromatic carbocycles. The maximum Gasteiger partial charge on any atom is 0.329 e. The second kappa shape index (κ2) is 5.72. The third kappa shape index (κ3) is 2.55. The maximum atomic E-state index is 12.5. The van der Waals surface area contributed by atoms with Gasteiger partial charge in [-0.2, -0.15) is 0 Å². The quantitative estimate of drug-likeness (QED) is 0.908. The zero-order valence-corrected chi connectivity index (χ0v) is 13.2. The van der Waals surface area contributed by atoms with Crippen molar-refractivity contribution >= 4 is 29.2 Å². The molecule has 0 aliphatic carbocycles. The van der Waals surface area contributed by atoms with Gasteiger partial charge in [0.15, 0.2) is 11.5 Å². The fourth-order valence-electron chi connectivity index (χ4n) is 2.83. The SMILES string of the molecule is O=C1CC(c2ccc3c(c2)OCO3)NC(=O)N1c1ccc(Cl)cc1. The summed E-state index contributed by atoms with van der Waals surface area (Å²) in [6.07, 6.45) is 0.161. The Morgan fingerprint density at radius 3 is 2.54 bits per heavy atom. The number of nitrogens with zero attached hydrogens (tertiary/aromatic N) is 1. The van der Waals surface area contributed by atoms with Crippen LogP contribution in [0.15, 0.2) is 42.5 Å². The van der Waals surface area contributed by atoms with Crippen LogP contribution in [0.4, 0.5) is 10.5 Å². The molecule has 2 heterocycles. The number of rotatable bonds is 2. The van der Waals surface area contributed by atoms with Gasteiger partial charge in [0.25, 0.3) is 0 Å². The van der Waals surface area contributed by atoms with Crippen molar-refractivity contribution in [3.63, 3.8) is 0 Å². The standard InChI is InChI=1S/C17H13ClN2O4/c18-11-2-4-12(5-3-11)20-16(21)8-13(19-17(20)22)10-1-6-14-15(7-10)24-9-23-14/h1-7,13H,8-9H2,(H,19,22). The topological polar surface area (TPSA) is 67.9 Å². The summed E-state index contributed by atoms with van der Waals surface area (Å²) in [5, 5.41) is 3.40. The lowest BCUT2D eigenvalue weighted by atomic mass is 10.0. The zero-order chi connectivity index (χ0) is 16.7. The number of fused-ring (bicyclic) bond motifs is 1. The van der Waals surface area contributed by atoms with Crippen molar-refractivity contribution in [2.24, 2.45) is 0 Å². The Morgan fingerprint density at radius 2 is 1.79 bits per heavy atom. The van der Waals surface area contributed by atoms with E-state index >= 15 is 0 Å². The molecule has 2 aliphatic rings. The lowest BCUT2D eigenvalue weighted by Gasteiger charge is -2.31. The van der Waals surface area contributed by atoms with Gasteiger partial charge in [0, 0.05) is 5.02 Å². The summed E-state index contributed by atoms with van der Waals surface area (Å²) in [7, 11) is 0. The number of urea groups is 1. The first-order chi connectivity index (χ1) is 11.6. The fraction of sp³-hybridized carbons (Fsp3) is 0.176. The molecule has 1 N–H and O–H groups in total. The van der Waals surface area contributed by atoms with Crippen molar-refractivity contribution in [1.29, 1.82) is 0 Å². The zero-order valence-electron chi connectivity index (χ0n) is 12.5. The molecule has 1 unspecified atom stereocenters. The molecule has 1 atom stereocenters. The second-order valence-corrected chi connectivity index (χ2v) is 5.96. The molecule has 4 rings (SSSR count). The van der Waals surface area contributed by atoms with Crippen molar-refractivity contribution in [1.82, 2.24) is 5.32 Å². The monoisotopic (exact) mass is 344 g/mol. The van der Waals surface area contributed by atoms with Crippen molar-refractivity contribution < 1.29 is 19.1 Å². The molecule has 1 fully saturated rings. The van der Waals surface area contributed by atoms with Crippen molar-refractivity contribution in [3.8, 4) is 11.5 Å². The van der Waals surface area contributed by atoms with E-state index < -0.39 is 12.1 Å². The van der Waals surface area contributed by atoms with Crippen LogP contribution >= 0.6 is 11.6 Å². The van der Waals surface area contributed by atoms with E-state index in [1.165, 1.54) is 0 Å². The summed E-state index contributed by atoms with van der Waals surface area (Å²) in [5.41, 5.74) is 1.29. The number of nitrogens with one attached hydrogen (secondary N) is 1. The Balaban J connectivity index is 1.57. The Kier molecular flexibility index (Phi) is 3.54. The lowest BCUT2D eigenvalue weighted by Crippen LogP contribution is -2.51. The van der Waals surface area contributed by atoms with Gasteiger partial charge >= 0.3 is 6.03 Å². The summed E-state index contributed by atoms with van der Waals surface area (Å²) in [6, 6.07) is 11.1. The van der Waals surface area contributed by atoms with E-state index in [0.29, 0.717) is 22.2 Å². The van der Waals surface area contributed by atoms with Crippen LogP contribution in [0.25, 0.3) is 0 Å². The summed E-state index contributed by atoms with van der Waals surface area (Å²) >= 11 is 5.85. The Morgan fingerprint density at radius 1 is 1.04 bits per heavy atom. The Hall–Kier alpha value is -2.73. The minimum atomic E-state index is -0.462. The van der Waals surface area contributed by atoms with Gasteiger partial charge in [-0.1, -0.05) is 17.7 Å². The first-order valence-electron chi connectivity index (χ1n) is 7.40. The number of imide groups is 1. The van der Waals surface area contributed by atoms with Gasteiger partial charge in [0.05, 0.1) is 18.2 Å². The average Bonchev–Trinajstić information content (AvgIpc) is 3.03. The average molecular weight is 345 g/mol. The molecule has 3 amide bonds. The first-order valence-corrected chi connectivity index (χ1v) is 7.78. The molecular formula is C17H13ClN2O4. The van der Waals surface area contributed by atoms with E-state index in [2.05, 4.69) is 5.32 Å². The highest BCUT2D eigenvalue weighted by Crippen LogP contribution is 2.36. The van der Waals surface area contributed by atoms with E-state index in [4.69, 9.17) is 21.1 Å². The third-order valence-electron chi connectivity index (χ3n) is 4.01. The van der Waals surface area contributed by atoms with Gasteiger partial charge in [0.2, 0.25) is 12.7 Å². The van der Waals surface area contributed by atoms with Crippen molar-refractivity contribution in [2.45, 2.75) is 12.5 Å². The highest BCUT2D eigenvalue weighted by atomic mass is 35.5. The van der Waals surface area contributed by atoms with Crippen LogP contribution in [0.3, 0.4) is 0 Å². The van der Waals surface area contributed by atoms with Gasteiger partial charge < -0.3 is 14.8 Å². The highest BCUT2D eigenvalue weighted by Gasteiger charge is 2.34. The molecule has 7 heteroatoms. The number of benzene rings is 2. The minimum absolute atomic E-state index is 0.161. The van der Waals surface area contributed by atoms with Crippen molar-refractivity contribution in [2.75, 3.05) is 11.7 Å². The number of hydrogen-bond donors (Lipinski definition) is 1. The molecule has 2 aliphatic heterocycles. The molecule has 24 heavy (non-hydrogen) atoms. The first kappa shape index (κ1) is 14.8. The van der Waals surface area contributed by atoms with E-state index in [-0.39, 0.29) is 19.1 Å². The molecule has 0 bridgehead atoms. The number of amides is 3. The number of hydrogen-bond acceptors (Lipinski definition) is 4. The summed E-state index contributed by atoms with van der Waals surface area (Å²) < 4.78 is 10.6. The van der Waals surface area contributed by atoms with Crippen LogP contribution in [0.1, 0.15) is 18.0 Å². The second-order valence-electron chi connectivity index (χ2n) is 5.52. The van der Waals surface area contributed by atoms with Gasteiger partial charge in [0.1, 0.15) is 0 Å². The molecule has 0 spiro atoms. The molecule has 0 aromatic heterocycles. The molecule has 2 aromatic rings. The minimum Gasteiger partial charge on any atom is -0.454 e. The van der Waals surface area contributed by atoms with E-state index in [1.807, 2.05) is 6.07 Å². The molecular weight excluding hydrogens is 332 g/mol. The molecule has 6 nitrogen and oxygen atoms in total. The van der Waals surface area contributed by atoms with Gasteiger partial charge in [-0.25, -0.2) is 9.69 Å². The number of ether oxygens (including phenoxy) is 2. The predicted octanol–water partition coefficient (Wildman–Crippen LogP) is 3.26. The normalized spacial score (nSPS) is 19.4. The Labute approximate surface area is 142 Å². The molecule has 122 valence electrons. The van der Waals surface area contributed by atoms with Crippen LogP contribution in [0.2, 0.25) is 5.02 Å². The number of carbonyl (C=O) groups excluding carboxylic acids is 2. The number of halogens is 1. The largest absolute Gasteiger partial charge is 0.454 e. The maximum absolute atomic E-state index is 12.5. The van der Waals surface area contributed by atoms with Crippen molar-refractivity contribution in [3.05, 3.63) is 53.1 Å². The van der Waals surface area contributed by atoms with Crippen LogP contribution in [-0.2, 0) is 4.79 Å². The van der Waals surface area contributed by atoms with Gasteiger partial charge in [-0.3, -0.25) is 4.79 Å². The summed E-state index contributed by atoms with van der Waals surface area (Å²) in [6.45, 7) is 0.180. The molecule has 0 radical (unpaired) electrons. The van der Waals surface area contributed by atoms with Gasteiger partial charge in [-0.05, 0) is 42.0 Å². The lowest BCUT2D eigenvalue weighted by molar-refractivity contribution is -0.119. The van der Waals surface area contributed by atoms with Crippen LogP contribution < -0.4 is 19.7 Å². The summed E-state index contributed by atoms with van der Waals surface area (Å²) in [5.74, 6) is 1.01. The predicted molar refractivity (Wildman–Crippen MR) is 87.4 cm³/mol. The number of anilines is 1. The van der Waals surface area contributed by atoms with E-state index in [9.17, 15) is 9.59 Å². The fourth-order valence-corrected chi connectivity index (χ4v) is 2.95. The van der Waals surface area contributed by atoms with Crippen LogP contribution in [-0.4, -0.2) is 18.7 Å².